The Morgan fingerprint density at radius 3 is 2.72 bits per heavy atom. The summed E-state index contributed by atoms with van der Waals surface area (Å²) in [6.45, 7) is 5.90. The second kappa shape index (κ2) is 4.43. The van der Waals surface area contributed by atoms with Crippen LogP contribution in [0, 0.1) is 0 Å². The second-order valence-electron chi connectivity index (χ2n) is 4.23. The highest BCUT2D eigenvalue weighted by Crippen LogP contribution is 2.24. The number of rotatable bonds is 1. The maximum atomic E-state index is 3.80. The lowest BCUT2D eigenvalue weighted by Gasteiger charge is -1.98. The SMILES string of the molecule is C=C/C=c1/sc2ccc3ccccc3c2/c1=C/C. The van der Waals surface area contributed by atoms with E-state index in [0.29, 0.717) is 0 Å². The van der Waals surface area contributed by atoms with E-state index in [1.54, 1.807) is 0 Å². The third-order valence-corrected chi connectivity index (χ3v) is 4.34. The summed E-state index contributed by atoms with van der Waals surface area (Å²) in [5.74, 6) is 0. The third-order valence-electron chi connectivity index (χ3n) is 3.20. The van der Waals surface area contributed by atoms with E-state index in [1.165, 1.54) is 30.6 Å². The van der Waals surface area contributed by atoms with E-state index in [4.69, 9.17) is 0 Å². The lowest BCUT2D eigenvalue weighted by molar-refractivity contribution is 1.73. The summed E-state index contributed by atoms with van der Waals surface area (Å²) in [7, 11) is 0. The fraction of sp³-hybridized carbons (Fsp3) is 0.0588. The molecule has 0 N–H and O–H groups in total. The molecule has 0 unspecified atom stereocenters. The van der Waals surface area contributed by atoms with Gasteiger partial charge in [0.2, 0.25) is 0 Å². The zero-order valence-electron chi connectivity index (χ0n) is 10.3. The maximum absolute atomic E-state index is 3.80. The highest BCUT2D eigenvalue weighted by molar-refractivity contribution is 7.17. The van der Waals surface area contributed by atoms with E-state index in [1.807, 2.05) is 17.4 Å². The average Bonchev–Trinajstić information content (AvgIpc) is 2.77. The zero-order chi connectivity index (χ0) is 12.5. The molecule has 0 aliphatic heterocycles. The van der Waals surface area contributed by atoms with Gasteiger partial charge in [0.1, 0.15) is 0 Å². The van der Waals surface area contributed by atoms with Crippen molar-refractivity contribution >= 4 is 44.3 Å². The molecule has 3 aromatic rings. The largest absolute Gasteiger partial charge is 0.135 e. The van der Waals surface area contributed by atoms with Crippen LogP contribution in [0.2, 0.25) is 0 Å². The molecule has 2 aromatic carbocycles. The summed E-state index contributed by atoms with van der Waals surface area (Å²) >= 11 is 1.83. The van der Waals surface area contributed by atoms with Crippen molar-refractivity contribution in [1.82, 2.24) is 0 Å². The molecule has 88 valence electrons. The third kappa shape index (κ3) is 1.59. The van der Waals surface area contributed by atoms with Crippen LogP contribution in [0.15, 0.2) is 49.1 Å². The van der Waals surface area contributed by atoms with E-state index in [2.05, 4.69) is 62.1 Å². The van der Waals surface area contributed by atoms with Crippen LogP contribution >= 0.6 is 11.3 Å². The quantitative estimate of drug-likeness (QED) is 0.616. The van der Waals surface area contributed by atoms with Gasteiger partial charge in [-0.2, -0.15) is 0 Å². The van der Waals surface area contributed by atoms with Gasteiger partial charge in [0, 0.05) is 14.6 Å². The van der Waals surface area contributed by atoms with Crippen molar-refractivity contribution in [2.45, 2.75) is 6.92 Å². The van der Waals surface area contributed by atoms with Gasteiger partial charge >= 0.3 is 0 Å². The molecule has 1 aromatic heterocycles. The Morgan fingerprint density at radius 2 is 1.94 bits per heavy atom. The number of fused-ring (bicyclic) bond motifs is 3. The molecule has 0 aliphatic rings. The molecular formula is C17H14S. The normalized spacial score (nSPS) is 13.6. The van der Waals surface area contributed by atoms with Crippen LogP contribution in [0.1, 0.15) is 6.92 Å². The van der Waals surface area contributed by atoms with Crippen LogP contribution in [-0.2, 0) is 0 Å². The molecule has 0 nitrogen and oxygen atoms in total. The fourth-order valence-corrected chi connectivity index (χ4v) is 3.62. The van der Waals surface area contributed by atoms with Crippen molar-refractivity contribution in [2.75, 3.05) is 0 Å². The summed E-state index contributed by atoms with van der Waals surface area (Å²) in [4.78, 5) is 0. The second-order valence-corrected chi connectivity index (χ2v) is 5.31. The molecular weight excluding hydrogens is 236 g/mol. The predicted octanol–water partition coefficient (Wildman–Crippen LogP) is 3.82. The van der Waals surface area contributed by atoms with Gasteiger partial charge in [0.05, 0.1) is 0 Å². The van der Waals surface area contributed by atoms with Gasteiger partial charge in [-0.3, -0.25) is 0 Å². The summed E-state index contributed by atoms with van der Waals surface area (Å²) in [6, 6.07) is 13.0. The van der Waals surface area contributed by atoms with E-state index in [0.717, 1.165) is 0 Å². The Bertz CT molecular complexity index is 850. The lowest BCUT2D eigenvalue weighted by Crippen LogP contribution is -2.17. The van der Waals surface area contributed by atoms with Gasteiger partial charge in [0.15, 0.2) is 0 Å². The standard InChI is InChI=1S/C17H14S/c1-3-7-15-13(4-2)17-14-9-6-5-8-12(14)10-11-16(17)18-15/h3-11H,1H2,2H3/b13-4+,15-7+. The van der Waals surface area contributed by atoms with Gasteiger partial charge in [-0.25, -0.2) is 0 Å². The van der Waals surface area contributed by atoms with E-state index < -0.39 is 0 Å². The van der Waals surface area contributed by atoms with Gasteiger partial charge in [-0.05, 0) is 35.1 Å². The van der Waals surface area contributed by atoms with Crippen molar-refractivity contribution in [3.63, 3.8) is 0 Å². The molecule has 0 aliphatic carbocycles. The molecule has 0 bridgehead atoms. The van der Waals surface area contributed by atoms with Crippen molar-refractivity contribution in [3.8, 4) is 0 Å². The zero-order valence-corrected chi connectivity index (χ0v) is 11.1. The van der Waals surface area contributed by atoms with Crippen molar-refractivity contribution in [1.29, 1.82) is 0 Å². The summed E-state index contributed by atoms with van der Waals surface area (Å²) in [5.41, 5.74) is 0. The number of allylic oxidation sites excluding steroid dienone is 1. The van der Waals surface area contributed by atoms with E-state index in [-0.39, 0.29) is 0 Å². The number of hydrogen-bond donors (Lipinski definition) is 0. The minimum absolute atomic E-state index is 1.29. The molecule has 0 saturated carbocycles. The molecule has 0 spiro atoms. The van der Waals surface area contributed by atoms with Gasteiger partial charge in [-0.15, -0.1) is 11.3 Å². The Hall–Kier alpha value is -1.86. The molecule has 0 atom stereocenters. The molecule has 0 fully saturated rings. The highest BCUT2D eigenvalue weighted by atomic mass is 32.1. The topological polar surface area (TPSA) is 0 Å². The van der Waals surface area contributed by atoms with E-state index >= 15 is 0 Å². The molecule has 0 amide bonds. The van der Waals surface area contributed by atoms with Crippen LogP contribution in [0.25, 0.3) is 33.0 Å². The molecule has 0 saturated heterocycles. The maximum Gasteiger partial charge on any atom is 0.0361 e. The summed E-state index contributed by atoms with van der Waals surface area (Å²) < 4.78 is 2.63. The van der Waals surface area contributed by atoms with Crippen LogP contribution in [0.3, 0.4) is 0 Å². The molecule has 1 heterocycles. The van der Waals surface area contributed by atoms with Gasteiger partial charge in [0.25, 0.3) is 0 Å². The van der Waals surface area contributed by atoms with Gasteiger partial charge < -0.3 is 0 Å². The van der Waals surface area contributed by atoms with Crippen molar-refractivity contribution < 1.29 is 0 Å². The van der Waals surface area contributed by atoms with Crippen LogP contribution in [-0.4, -0.2) is 0 Å². The number of hydrogen-bond acceptors (Lipinski definition) is 1. The first kappa shape index (κ1) is 11.2. The monoisotopic (exact) mass is 250 g/mol. The van der Waals surface area contributed by atoms with Crippen molar-refractivity contribution in [3.05, 3.63) is 58.8 Å². The smallest absolute Gasteiger partial charge is 0.0361 e. The first-order chi connectivity index (χ1) is 8.85. The minimum atomic E-state index is 1.29. The summed E-state index contributed by atoms with van der Waals surface area (Å²) in [6.07, 6.45) is 6.15. The minimum Gasteiger partial charge on any atom is -0.135 e. The van der Waals surface area contributed by atoms with Crippen LogP contribution in [0.5, 0.6) is 0 Å². The van der Waals surface area contributed by atoms with E-state index in [9.17, 15) is 0 Å². The number of benzene rings is 2. The fourth-order valence-electron chi connectivity index (χ4n) is 2.43. The predicted molar refractivity (Wildman–Crippen MR) is 83.4 cm³/mol. The Morgan fingerprint density at radius 1 is 1.11 bits per heavy atom. The molecule has 0 radical (unpaired) electrons. The first-order valence-corrected chi connectivity index (χ1v) is 6.86. The summed E-state index contributed by atoms with van der Waals surface area (Å²) in [5, 5.41) is 5.33. The van der Waals surface area contributed by atoms with Crippen LogP contribution in [0.4, 0.5) is 0 Å². The Labute approximate surface area is 110 Å². The van der Waals surface area contributed by atoms with Crippen molar-refractivity contribution in [2.24, 2.45) is 0 Å². The number of thiophene rings is 1. The first-order valence-electron chi connectivity index (χ1n) is 6.04. The highest BCUT2D eigenvalue weighted by Gasteiger charge is 2.04. The Balaban J connectivity index is 2.66. The molecule has 3 rings (SSSR count). The molecule has 1 heteroatoms. The van der Waals surface area contributed by atoms with Gasteiger partial charge in [-0.1, -0.05) is 49.1 Å². The molecule has 18 heavy (non-hydrogen) atoms. The average molecular weight is 250 g/mol. The Kier molecular flexibility index (Phi) is 2.77. The lowest BCUT2D eigenvalue weighted by atomic mass is 10.1. The van der Waals surface area contributed by atoms with Crippen LogP contribution < -0.4 is 9.75 Å².